The fraction of sp³-hybridized carbons (Fsp3) is 0.304. The van der Waals surface area contributed by atoms with Gasteiger partial charge in [-0.05, 0) is 43.0 Å². The van der Waals surface area contributed by atoms with Crippen LogP contribution in [0.5, 0.6) is 0 Å². The molecule has 1 atom stereocenters. The number of ether oxygens (including phenoxy) is 1. The van der Waals surface area contributed by atoms with Gasteiger partial charge in [-0.3, -0.25) is 4.79 Å². The topological polar surface area (TPSA) is 42.4 Å². The molecule has 4 rings (SSSR count). The number of esters is 1. The number of carbonyl (C=O) groups excluding carboxylic acids is 1. The first-order chi connectivity index (χ1) is 14.0. The van der Waals surface area contributed by atoms with Crippen molar-refractivity contribution < 1.29 is 13.9 Å². The molecular weight excluding hydrogens is 387 g/mol. The molecule has 1 fully saturated rings. The van der Waals surface area contributed by atoms with Crippen molar-refractivity contribution in [2.45, 2.75) is 19.8 Å². The number of nitrogens with zero attached hydrogens (tertiary/aromatic N) is 2. The van der Waals surface area contributed by atoms with Crippen LogP contribution in [0, 0.1) is 18.7 Å². The predicted octanol–water partition coefficient (Wildman–Crippen LogP) is 5.31. The van der Waals surface area contributed by atoms with Gasteiger partial charge in [0.15, 0.2) is 5.13 Å². The number of anilines is 1. The second kappa shape index (κ2) is 8.33. The first kappa shape index (κ1) is 19.6. The quantitative estimate of drug-likeness (QED) is 0.547. The molecule has 1 saturated heterocycles. The number of carbonyl (C=O) groups is 1. The van der Waals surface area contributed by atoms with Gasteiger partial charge in [-0.15, -0.1) is 11.3 Å². The molecule has 0 N–H and O–H groups in total. The number of hydrogen-bond donors (Lipinski definition) is 0. The predicted molar refractivity (Wildman–Crippen MR) is 115 cm³/mol. The lowest BCUT2D eigenvalue weighted by Crippen LogP contribution is -2.39. The smallest absolute Gasteiger partial charge is 0.310 e. The van der Waals surface area contributed by atoms with Crippen LogP contribution in [0.25, 0.3) is 22.4 Å². The highest BCUT2D eigenvalue weighted by Gasteiger charge is 2.28. The van der Waals surface area contributed by atoms with E-state index in [1.807, 2.05) is 12.1 Å². The Morgan fingerprint density at radius 1 is 1.10 bits per heavy atom. The number of methoxy groups -OCH3 is 1. The Balaban J connectivity index is 1.55. The van der Waals surface area contributed by atoms with E-state index >= 15 is 0 Å². The summed E-state index contributed by atoms with van der Waals surface area (Å²) in [6.45, 7) is 3.64. The molecule has 1 unspecified atom stereocenters. The number of aryl methyl sites for hydroxylation is 1. The Hall–Kier alpha value is -2.73. The number of halogens is 1. The minimum Gasteiger partial charge on any atom is -0.469 e. The van der Waals surface area contributed by atoms with E-state index in [0.717, 1.165) is 51.8 Å². The first-order valence-electron chi connectivity index (χ1n) is 9.71. The third-order valence-corrected chi connectivity index (χ3v) is 6.38. The molecule has 1 aromatic heterocycles. The summed E-state index contributed by atoms with van der Waals surface area (Å²) in [5.74, 6) is -0.459. The van der Waals surface area contributed by atoms with E-state index in [4.69, 9.17) is 9.72 Å². The molecule has 1 aliphatic rings. The zero-order valence-corrected chi connectivity index (χ0v) is 17.3. The maximum Gasteiger partial charge on any atom is 0.310 e. The fourth-order valence-corrected chi connectivity index (χ4v) is 4.72. The molecule has 1 aliphatic heterocycles. The fourth-order valence-electron chi connectivity index (χ4n) is 3.76. The van der Waals surface area contributed by atoms with Crippen LogP contribution in [0.1, 0.15) is 17.7 Å². The Kier molecular flexibility index (Phi) is 5.62. The Morgan fingerprint density at radius 2 is 1.72 bits per heavy atom. The summed E-state index contributed by atoms with van der Waals surface area (Å²) < 4.78 is 18.1. The van der Waals surface area contributed by atoms with E-state index in [0.29, 0.717) is 6.54 Å². The molecule has 0 spiro atoms. The van der Waals surface area contributed by atoms with Crippen LogP contribution in [0.3, 0.4) is 0 Å². The monoisotopic (exact) mass is 410 g/mol. The molecule has 29 heavy (non-hydrogen) atoms. The van der Waals surface area contributed by atoms with Crippen molar-refractivity contribution in [3.8, 4) is 22.4 Å². The summed E-state index contributed by atoms with van der Waals surface area (Å²) in [6, 6.07) is 14.7. The van der Waals surface area contributed by atoms with Crippen molar-refractivity contribution in [1.82, 2.24) is 4.98 Å². The van der Waals surface area contributed by atoms with Gasteiger partial charge >= 0.3 is 5.97 Å². The van der Waals surface area contributed by atoms with Crippen LogP contribution in [-0.4, -0.2) is 31.2 Å². The van der Waals surface area contributed by atoms with Crippen molar-refractivity contribution in [2.75, 3.05) is 25.1 Å². The Bertz CT molecular complexity index is 999. The molecule has 0 saturated carbocycles. The average Bonchev–Trinajstić information content (AvgIpc) is 3.15. The highest BCUT2D eigenvalue weighted by Crippen LogP contribution is 2.35. The van der Waals surface area contributed by atoms with Crippen molar-refractivity contribution in [3.63, 3.8) is 0 Å². The number of aromatic nitrogens is 1. The maximum atomic E-state index is 13.1. The third kappa shape index (κ3) is 4.17. The molecule has 0 bridgehead atoms. The summed E-state index contributed by atoms with van der Waals surface area (Å²) in [7, 11) is 1.45. The standard InChI is InChI=1S/C23H23FN2O2S/c1-15-21(18-7-5-16(6-8-18)17-9-11-20(24)12-10-17)25-23(29-15)26-13-3-4-19(14-26)22(27)28-2/h5-12,19H,3-4,13-14H2,1-2H3. The van der Waals surface area contributed by atoms with Gasteiger partial charge < -0.3 is 9.64 Å². The Morgan fingerprint density at radius 3 is 2.38 bits per heavy atom. The molecule has 6 heteroatoms. The van der Waals surface area contributed by atoms with E-state index in [-0.39, 0.29) is 17.7 Å². The summed E-state index contributed by atoms with van der Waals surface area (Å²) in [5, 5.41) is 0.953. The van der Waals surface area contributed by atoms with Crippen molar-refractivity contribution in [2.24, 2.45) is 5.92 Å². The molecule has 2 heterocycles. The van der Waals surface area contributed by atoms with Crippen LogP contribution >= 0.6 is 11.3 Å². The number of hydrogen-bond acceptors (Lipinski definition) is 5. The van der Waals surface area contributed by atoms with Gasteiger partial charge in [-0.2, -0.15) is 0 Å². The van der Waals surface area contributed by atoms with E-state index in [2.05, 4.69) is 24.0 Å². The molecule has 4 nitrogen and oxygen atoms in total. The molecule has 0 radical (unpaired) electrons. The molecular formula is C23H23FN2O2S. The lowest BCUT2D eigenvalue weighted by atomic mass is 9.99. The molecule has 150 valence electrons. The summed E-state index contributed by atoms with van der Waals surface area (Å²) in [6.07, 6.45) is 1.82. The molecule has 3 aromatic rings. The normalized spacial score (nSPS) is 16.7. The largest absolute Gasteiger partial charge is 0.469 e. The van der Waals surface area contributed by atoms with Crippen LogP contribution < -0.4 is 4.90 Å². The van der Waals surface area contributed by atoms with Gasteiger partial charge in [0, 0.05) is 23.5 Å². The SMILES string of the molecule is COC(=O)C1CCCN(c2nc(-c3ccc(-c4ccc(F)cc4)cc3)c(C)s2)C1. The van der Waals surface area contributed by atoms with Gasteiger partial charge in [0.2, 0.25) is 0 Å². The molecule has 2 aromatic carbocycles. The van der Waals surface area contributed by atoms with E-state index in [1.54, 1.807) is 23.5 Å². The zero-order chi connectivity index (χ0) is 20.4. The van der Waals surface area contributed by atoms with Crippen LogP contribution in [0.2, 0.25) is 0 Å². The highest BCUT2D eigenvalue weighted by molar-refractivity contribution is 7.16. The molecule has 0 aliphatic carbocycles. The van der Waals surface area contributed by atoms with E-state index < -0.39 is 0 Å². The number of rotatable bonds is 4. The second-order valence-electron chi connectivity index (χ2n) is 7.29. The number of benzene rings is 2. The van der Waals surface area contributed by atoms with Crippen molar-refractivity contribution in [1.29, 1.82) is 0 Å². The minimum atomic E-state index is -0.233. The minimum absolute atomic E-state index is 0.0867. The van der Waals surface area contributed by atoms with Gasteiger partial charge in [-0.1, -0.05) is 36.4 Å². The zero-order valence-electron chi connectivity index (χ0n) is 16.5. The third-order valence-electron chi connectivity index (χ3n) is 5.35. The lowest BCUT2D eigenvalue weighted by molar-refractivity contribution is -0.145. The van der Waals surface area contributed by atoms with Crippen molar-refractivity contribution >= 4 is 22.4 Å². The van der Waals surface area contributed by atoms with Gasteiger partial charge in [0.25, 0.3) is 0 Å². The maximum absolute atomic E-state index is 13.1. The van der Waals surface area contributed by atoms with Gasteiger partial charge in [0.1, 0.15) is 5.82 Å². The van der Waals surface area contributed by atoms with Crippen LogP contribution in [-0.2, 0) is 9.53 Å². The number of piperidine rings is 1. The number of thiazole rings is 1. The second-order valence-corrected chi connectivity index (χ2v) is 8.48. The summed E-state index contributed by atoms with van der Waals surface area (Å²) in [4.78, 5) is 20.1. The van der Waals surface area contributed by atoms with Crippen molar-refractivity contribution in [3.05, 3.63) is 59.2 Å². The van der Waals surface area contributed by atoms with Crippen LogP contribution in [0.15, 0.2) is 48.5 Å². The summed E-state index contributed by atoms with van der Waals surface area (Å²) >= 11 is 1.66. The van der Waals surface area contributed by atoms with Gasteiger partial charge in [-0.25, -0.2) is 9.37 Å². The Labute approximate surface area is 174 Å². The van der Waals surface area contributed by atoms with E-state index in [1.165, 1.54) is 19.2 Å². The van der Waals surface area contributed by atoms with Crippen LogP contribution in [0.4, 0.5) is 9.52 Å². The molecule has 0 amide bonds. The lowest BCUT2D eigenvalue weighted by Gasteiger charge is -2.30. The summed E-state index contributed by atoms with van der Waals surface area (Å²) in [5.41, 5.74) is 4.04. The highest BCUT2D eigenvalue weighted by atomic mass is 32.1. The van der Waals surface area contributed by atoms with Gasteiger partial charge in [0.05, 0.1) is 18.7 Å². The average molecular weight is 411 g/mol. The first-order valence-corrected chi connectivity index (χ1v) is 10.5. The van der Waals surface area contributed by atoms with E-state index in [9.17, 15) is 9.18 Å².